The monoisotopic (exact) mass is 380 g/mol. The second-order valence-corrected chi connectivity index (χ2v) is 6.92. The van der Waals surface area contributed by atoms with E-state index in [4.69, 9.17) is 4.74 Å². The molecule has 0 bridgehead atoms. The van der Waals surface area contributed by atoms with Crippen LogP contribution < -0.4 is 10.1 Å². The van der Waals surface area contributed by atoms with Crippen LogP contribution in [-0.4, -0.2) is 79.4 Å². The van der Waals surface area contributed by atoms with Gasteiger partial charge in [-0.1, -0.05) is 6.92 Å². The summed E-state index contributed by atoms with van der Waals surface area (Å²) in [7, 11) is 2.04. The van der Waals surface area contributed by atoms with Crippen molar-refractivity contribution >= 4 is 5.96 Å². The van der Waals surface area contributed by atoms with Crippen molar-refractivity contribution in [3.63, 3.8) is 0 Å². The summed E-state index contributed by atoms with van der Waals surface area (Å²) in [4.78, 5) is 9.20. The third kappa shape index (κ3) is 6.99. The first-order chi connectivity index (χ1) is 13.0. The summed E-state index contributed by atoms with van der Waals surface area (Å²) in [5, 5.41) is 13.5. The quantitative estimate of drug-likeness (QED) is 0.507. The van der Waals surface area contributed by atoms with Crippen LogP contribution in [0.2, 0.25) is 0 Å². The van der Waals surface area contributed by atoms with Crippen LogP contribution in [0.5, 0.6) is 5.75 Å². The summed E-state index contributed by atoms with van der Waals surface area (Å²) < 4.78 is 18.4. The zero-order valence-electron chi connectivity index (χ0n) is 16.7. The van der Waals surface area contributed by atoms with Gasteiger partial charge in [0.05, 0.1) is 6.54 Å². The standard InChI is InChI=1S/C20H33FN4O2/c1-4-22-20(24(3)14-17-7-6-12-25(17)5-2)23-13-18(26)15-27-19-10-8-16(21)9-11-19/h8-11,17-18,26H,4-7,12-15H2,1-3H3,(H,22,23). The second kappa shape index (κ2) is 11.1. The molecule has 0 radical (unpaired) electrons. The van der Waals surface area contributed by atoms with E-state index in [1.807, 2.05) is 14.0 Å². The SMILES string of the molecule is CCNC(=NCC(O)COc1ccc(F)cc1)N(C)CC1CCCN1CC. The van der Waals surface area contributed by atoms with Gasteiger partial charge in [-0.25, -0.2) is 4.39 Å². The molecule has 1 aromatic rings. The summed E-state index contributed by atoms with van der Waals surface area (Å²) >= 11 is 0. The Bertz CT molecular complexity index is 582. The maximum absolute atomic E-state index is 12.9. The van der Waals surface area contributed by atoms with E-state index in [2.05, 4.69) is 27.0 Å². The molecule has 152 valence electrons. The molecule has 6 nitrogen and oxygen atoms in total. The van der Waals surface area contributed by atoms with E-state index >= 15 is 0 Å². The lowest BCUT2D eigenvalue weighted by molar-refractivity contribution is 0.114. The minimum atomic E-state index is -0.726. The fourth-order valence-corrected chi connectivity index (χ4v) is 3.36. The lowest BCUT2D eigenvalue weighted by atomic mass is 10.2. The van der Waals surface area contributed by atoms with Gasteiger partial charge < -0.3 is 20.1 Å². The van der Waals surface area contributed by atoms with E-state index in [0.717, 1.165) is 25.6 Å². The molecule has 2 N–H and O–H groups in total. The Kier molecular flexibility index (Phi) is 8.81. The summed E-state index contributed by atoms with van der Waals surface area (Å²) in [5.41, 5.74) is 0. The van der Waals surface area contributed by atoms with Gasteiger partial charge >= 0.3 is 0 Å². The van der Waals surface area contributed by atoms with Crippen molar-refractivity contribution in [1.29, 1.82) is 0 Å². The largest absolute Gasteiger partial charge is 0.491 e. The summed E-state index contributed by atoms with van der Waals surface area (Å²) in [5.74, 6) is 1.01. The Balaban J connectivity index is 1.84. The van der Waals surface area contributed by atoms with Gasteiger partial charge in [0.25, 0.3) is 0 Å². The third-order valence-corrected chi connectivity index (χ3v) is 4.79. The number of nitrogens with zero attached hydrogens (tertiary/aromatic N) is 3. The highest BCUT2D eigenvalue weighted by Crippen LogP contribution is 2.17. The molecule has 0 saturated carbocycles. The van der Waals surface area contributed by atoms with Crippen molar-refractivity contribution in [2.75, 3.05) is 46.4 Å². The van der Waals surface area contributed by atoms with Crippen LogP contribution in [-0.2, 0) is 0 Å². The fraction of sp³-hybridized carbons (Fsp3) is 0.650. The Labute approximate surface area is 162 Å². The van der Waals surface area contributed by atoms with Crippen molar-refractivity contribution in [1.82, 2.24) is 15.1 Å². The Morgan fingerprint density at radius 3 is 2.81 bits per heavy atom. The first-order valence-electron chi connectivity index (χ1n) is 9.83. The molecule has 0 spiro atoms. The van der Waals surface area contributed by atoms with E-state index in [1.54, 1.807) is 12.1 Å². The number of nitrogens with one attached hydrogen (secondary N) is 1. The maximum atomic E-state index is 12.9. The molecule has 1 aliphatic rings. The summed E-state index contributed by atoms with van der Waals surface area (Å²) in [6.45, 7) is 8.53. The fourth-order valence-electron chi connectivity index (χ4n) is 3.36. The molecule has 1 fully saturated rings. The number of likely N-dealkylation sites (N-methyl/N-ethyl adjacent to an activating group) is 2. The Morgan fingerprint density at radius 2 is 2.15 bits per heavy atom. The predicted octanol–water partition coefficient (Wildman–Crippen LogP) is 1.95. The molecular formula is C20H33FN4O2. The van der Waals surface area contributed by atoms with Gasteiger partial charge in [-0.2, -0.15) is 0 Å². The number of hydrogen-bond donors (Lipinski definition) is 2. The van der Waals surface area contributed by atoms with Crippen molar-refractivity contribution < 1.29 is 14.2 Å². The zero-order valence-corrected chi connectivity index (χ0v) is 16.7. The highest BCUT2D eigenvalue weighted by atomic mass is 19.1. The highest BCUT2D eigenvalue weighted by molar-refractivity contribution is 5.79. The topological polar surface area (TPSA) is 60.3 Å². The van der Waals surface area contributed by atoms with E-state index in [9.17, 15) is 9.50 Å². The maximum Gasteiger partial charge on any atom is 0.193 e. The number of guanidine groups is 1. The molecule has 2 atom stereocenters. The number of ether oxygens (including phenoxy) is 1. The number of aliphatic hydroxyl groups is 1. The molecular weight excluding hydrogens is 347 g/mol. The zero-order chi connectivity index (χ0) is 19.6. The number of benzene rings is 1. The third-order valence-electron chi connectivity index (χ3n) is 4.79. The molecule has 0 aromatic heterocycles. The Morgan fingerprint density at radius 1 is 1.41 bits per heavy atom. The van der Waals surface area contributed by atoms with Crippen molar-refractivity contribution in [3.05, 3.63) is 30.1 Å². The van der Waals surface area contributed by atoms with Gasteiger partial charge in [-0.15, -0.1) is 0 Å². The molecule has 1 aliphatic heterocycles. The molecule has 0 aliphatic carbocycles. The lowest BCUT2D eigenvalue weighted by Gasteiger charge is -2.30. The average molecular weight is 381 g/mol. The molecule has 2 unspecified atom stereocenters. The minimum Gasteiger partial charge on any atom is -0.491 e. The molecule has 1 aromatic carbocycles. The van der Waals surface area contributed by atoms with E-state index in [0.29, 0.717) is 11.8 Å². The van der Waals surface area contributed by atoms with Crippen LogP contribution in [0.4, 0.5) is 4.39 Å². The molecule has 0 amide bonds. The van der Waals surface area contributed by atoms with Crippen molar-refractivity contribution in [2.24, 2.45) is 4.99 Å². The van der Waals surface area contributed by atoms with Crippen LogP contribution in [0, 0.1) is 5.82 Å². The van der Waals surface area contributed by atoms with Crippen LogP contribution in [0.3, 0.4) is 0 Å². The van der Waals surface area contributed by atoms with Crippen LogP contribution in [0.25, 0.3) is 0 Å². The van der Waals surface area contributed by atoms with E-state index < -0.39 is 6.10 Å². The first-order valence-corrected chi connectivity index (χ1v) is 9.83. The summed E-state index contributed by atoms with van der Waals surface area (Å²) in [6, 6.07) is 6.31. The van der Waals surface area contributed by atoms with Gasteiger partial charge in [-0.05, 0) is 57.1 Å². The predicted molar refractivity (Wildman–Crippen MR) is 107 cm³/mol. The van der Waals surface area contributed by atoms with Crippen LogP contribution in [0.15, 0.2) is 29.3 Å². The van der Waals surface area contributed by atoms with Gasteiger partial charge in [-0.3, -0.25) is 9.89 Å². The van der Waals surface area contributed by atoms with Gasteiger partial charge in [0, 0.05) is 26.2 Å². The van der Waals surface area contributed by atoms with E-state index in [-0.39, 0.29) is 19.0 Å². The van der Waals surface area contributed by atoms with E-state index in [1.165, 1.54) is 31.5 Å². The average Bonchev–Trinajstić information content (AvgIpc) is 3.11. The van der Waals surface area contributed by atoms with Crippen LogP contribution in [0.1, 0.15) is 26.7 Å². The van der Waals surface area contributed by atoms with Gasteiger partial charge in [0.1, 0.15) is 24.3 Å². The van der Waals surface area contributed by atoms with Crippen LogP contribution >= 0.6 is 0 Å². The number of halogens is 1. The highest BCUT2D eigenvalue weighted by Gasteiger charge is 2.25. The molecule has 27 heavy (non-hydrogen) atoms. The number of aliphatic hydroxyl groups excluding tert-OH is 1. The first kappa shape index (κ1) is 21.4. The van der Waals surface area contributed by atoms with Crippen molar-refractivity contribution in [3.8, 4) is 5.75 Å². The smallest absolute Gasteiger partial charge is 0.193 e. The molecule has 1 saturated heterocycles. The van der Waals surface area contributed by atoms with Gasteiger partial charge in [0.15, 0.2) is 5.96 Å². The number of aliphatic imine (C=N–C) groups is 1. The number of rotatable bonds is 9. The molecule has 2 rings (SSSR count). The summed E-state index contributed by atoms with van der Waals surface area (Å²) in [6.07, 6.45) is 1.74. The normalized spacial score (nSPS) is 19.1. The lowest BCUT2D eigenvalue weighted by Crippen LogP contribution is -2.46. The second-order valence-electron chi connectivity index (χ2n) is 6.92. The molecule has 1 heterocycles. The molecule has 7 heteroatoms. The van der Waals surface area contributed by atoms with Gasteiger partial charge in [0.2, 0.25) is 0 Å². The minimum absolute atomic E-state index is 0.116. The Hall–Kier alpha value is -1.86. The van der Waals surface area contributed by atoms with Crippen molar-refractivity contribution in [2.45, 2.75) is 38.8 Å². The number of likely N-dealkylation sites (tertiary alicyclic amines) is 1. The number of hydrogen-bond acceptors (Lipinski definition) is 4.